The Morgan fingerprint density at radius 2 is 1.75 bits per heavy atom. The van der Waals surface area contributed by atoms with Crippen molar-refractivity contribution in [1.29, 1.82) is 0 Å². The van der Waals surface area contributed by atoms with Gasteiger partial charge in [-0.3, -0.25) is 0 Å². The van der Waals surface area contributed by atoms with Crippen LogP contribution < -0.4 is 0 Å². The Labute approximate surface area is 101 Å². The van der Waals surface area contributed by atoms with Crippen molar-refractivity contribution in [2.75, 3.05) is 0 Å². The zero-order valence-electron chi connectivity index (χ0n) is 9.74. The molecule has 0 saturated heterocycles. The molecule has 0 atom stereocenters. The molecule has 0 amide bonds. The van der Waals surface area contributed by atoms with E-state index < -0.39 is 0 Å². The van der Waals surface area contributed by atoms with Crippen molar-refractivity contribution in [2.24, 2.45) is 0 Å². The zero-order chi connectivity index (χ0) is 11.7. The summed E-state index contributed by atoms with van der Waals surface area (Å²) in [7, 11) is 0. The van der Waals surface area contributed by atoms with Crippen molar-refractivity contribution >= 4 is 12.6 Å². The standard InChI is InChI=1S/C13H15NOS/c1-8-4-9(2)13(10(3)5-8)12-6-11(7-16)14-15-12/h4-6,16H,7H2,1-3H3. The van der Waals surface area contributed by atoms with Gasteiger partial charge in [-0.2, -0.15) is 12.6 Å². The fourth-order valence-corrected chi connectivity index (χ4v) is 2.22. The molecule has 0 unspecified atom stereocenters. The first-order valence-corrected chi connectivity index (χ1v) is 5.89. The topological polar surface area (TPSA) is 26.0 Å². The number of hydrogen-bond donors (Lipinski definition) is 1. The normalized spacial score (nSPS) is 10.8. The Hall–Kier alpha value is -1.22. The van der Waals surface area contributed by atoms with E-state index in [9.17, 15) is 0 Å². The zero-order valence-corrected chi connectivity index (χ0v) is 10.6. The van der Waals surface area contributed by atoms with Crippen LogP contribution in [0.5, 0.6) is 0 Å². The highest BCUT2D eigenvalue weighted by molar-refractivity contribution is 7.79. The van der Waals surface area contributed by atoms with Gasteiger partial charge in [0, 0.05) is 17.4 Å². The maximum atomic E-state index is 5.34. The molecule has 0 saturated carbocycles. The Bertz CT molecular complexity index is 493. The van der Waals surface area contributed by atoms with Gasteiger partial charge in [0.2, 0.25) is 0 Å². The molecule has 84 valence electrons. The van der Waals surface area contributed by atoms with Gasteiger partial charge in [-0.25, -0.2) is 0 Å². The van der Waals surface area contributed by atoms with Crippen LogP contribution in [0, 0.1) is 20.8 Å². The van der Waals surface area contributed by atoms with Gasteiger partial charge in [-0.1, -0.05) is 22.9 Å². The number of hydrogen-bond acceptors (Lipinski definition) is 3. The fraction of sp³-hybridized carbons (Fsp3) is 0.308. The van der Waals surface area contributed by atoms with E-state index in [-0.39, 0.29) is 0 Å². The van der Waals surface area contributed by atoms with Crippen molar-refractivity contribution in [3.8, 4) is 11.3 Å². The maximum absolute atomic E-state index is 5.34. The van der Waals surface area contributed by atoms with E-state index in [0.29, 0.717) is 5.75 Å². The van der Waals surface area contributed by atoms with Crippen LogP contribution in [-0.4, -0.2) is 5.16 Å². The van der Waals surface area contributed by atoms with Crippen LogP contribution in [0.3, 0.4) is 0 Å². The largest absolute Gasteiger partial charge is 0.356 e. The fourth-order valence-electron chi connectivity index (χ4n) is 2.07. The SMILES string of the molecule is Cc1cc(C)c(-c2cc(CS)no2)c(C)c1. The molecule has 0 bridgehead atoms. The highest BCUT2D eigenvalue weighted by atomic mass is 32.1. The summed E-state index contributed by atoms with van der Waals surface area (Å²) in [6.07, 6.45) is 0. The van der Waals surface area contributed by atoms with Gasteiger partial charge < -0.3 is 4.52 Å². The van der Waals surface area contributed by atoms with Crippen LogP contribution in [0.2, 0.25) is 0 Å². The van der Waals surface area contributed by atoms with E-state index in [4.69, 9.17) is 4.52 Å². The molecule has 1 aromatic heterocycles. The first-order chi connectivity index (χ1) is 7.61. The number of aromatic nitrogens is 1. The minimum atomic E-state index is 0.605. The van der Waals surface area contributed by atoms with Gasteiger partial charge in [0.05, 0.1) is 5.69 Å². The van der Waals surface area contributed by atoms with Gasteiger partial charge >= 0.3 is 0 Å². The van der Waals surface area contributed by atoms with Gasteiger partial charge in [-0.15, -0.1) is 0 Å². The predicted octanol–water partition coefficient (Wildman–Crippen LogP) is 3.70. The lowest BCUT2D eigenvalue weighted by Gasteiger charge is -2.07. The minimum absolute atomic E-state index is 0.605. The lowest BCUT2D eigenvalue weighted by molar-refractivity contribution is 0.426. The summed E-state index contributed by atoms with van der Waals surface area (Å²) in [6, 6.07) is 6.27. The Morgan fingerprint density at radius 3 is 2.25 bits per heavy atom. The molecule has 0 fully saturated rings. The van der Waals surface area contributed by atoms with Crippen molar-refractivity contribution < 1.29 is 4.52 Å². The molecule has 16 heavy (non-hydrogen) atoms. The van der Waals surface area contributed by atoms with Gasteiger partial charge in [0.1, 0.15) is 0 Å². The highest BCUT2D eigenvalue weighted by Crippen LogP contribution is 2.29. The molecular formula is C13H15NOS. The summed E-state index contributed by atoms with van der Waals surface area (Å²) in [5, 5.41) is 3.96. The highest BCUT2D eigenvalue weighted by Gasteiger charge is 2.11. The summed E-state index contributed by atoms with van der Waals surface area (Å²) in [4.78, 5) is 0. The van der Waals surface area contributed by atoms with Gasteiger partial charge in [0.25, 0.3) is 0 Å². The van der Waals surface area contributed by atoms with E-state index in [1.165, 1.54) is 16.7 Å². The number of rotatable bonds is 2. The second-order valence-corrected chi connectivity index (χ2v) is 4.43. The lowest BCUT2D eigenvalue weighted by atomic mass is 9.98. The first kappa shape index (κ1) is 11.3. The lowest BCUT2D eigenvalue weighted by Crippen LogP contribution is -1.88. The predicted molar refractivity (Wildman–Crippen MR) is 68.8 cm³/mol. The van der Waals surface area contributed by atoms with Crippen LogP contribution in [0.15, 0.2) is 22.7 Å². The van der Waals surface area contributed by atoms with Crippen molar-refractivity contribution in [3.05, 3.63) is 40.6 Å². The molecule has 2 nitrogen and oxygen atoms in total. The molecule has 1 aromatic carbocycles. The second kappa shape index (κ2) is 4.34. The third-order valence-corrected chi connectivity index (χ3v) is 2.97. The van der Waals surface area contributed by atoms with Crippen molar-refractivity contribution in [1.82, 2.24) is 5.16 Å². The third-order valence-electron chi connectivity index (χ3n) is 2.64. The van der Waals surface area contributed by atoms with Gasteiger partial charge in [0.15, 0.2) is 5.76 Å². The molecule has 0 spiro atoms. The van der Waals surface area contributed by atoms with Crippen LogP contribution in [0.4, 0.5) is 0 Å². The summed E-state index contributed by atoms with van der Waals surface area (Å²) in [6.45, 7) is 6.29. The molecule has 0 N–H and O–H groups in total. The van der Waals surface area contributed by atoms with E-state index in [2.05, 4.69) is 50.7 Å². The quantitative estimate of drug-likeness (QED) is 0.800. The Balaban J connectivity index is 2.55. The molecule has 2 rings (SSSR count). The van der Waals surface area contributed by atoms with E-state index in [1.54, 1.807) is 0 Å². The molecule has 0 aliphatic rings. The smallest absolute Gasteiger partial charge is 0.167 e. The average Bonchev–Trinajstić information content (AvgIpc) is 2.64. The minimum Gasteiger partial charge on any atom is -0.356 e. The van der Waals surface area contributed by atoms with Crippen molar-refractivity contribution in [2.45, 2.75) is 26.5 Å². The molecule has 0 radical (unpaired) electrons. The van der Waals surface area contributed by atoms with Crippen LogP contribution in [-0.2, 0) is 5.75 Å². The molecule has 1 heterocycles. The van der Waals surface area contributed by atoms with Crippen LogP contribution in [0.1, 0.15) is 22.4 Å². The summed E-state index contributed by atoms with van der Waals surface area (Å²) in [5.74, 6) is 1.44. The molecule has 3 heteroatoms. The van der Waals surface area contributed by atoms with Crippen LogP contribution >= 0.6 is 12.6 Å². The summed E-state index contributed by atoms with van der Waals surface area (Å²) < 4.78 is 5.34. The third kappa shape index (κ3) is 2.00. The maximum Gasteiger partial charge on any atom is 0.167 e. The van der Waals surface area contributed by atoms with E-state index >= 15 is 0 Å². The molecular weight excluding hydrogens is 218 g/mol. The number of nitrogens with zero attached hydrogens (tertiary/aromatic N) is 1. The first-order valence-electron chi connectivity index (χ1n) is 5.26. The monoisotopic (exact) mass is 233 g/mol. The van der Waals surface area contributed by atoms with Crippen LogP contribution in [0.25, 0.3) is 11.3 Å². The number of thiol groups is 1. The molecule has 0 aliphatic carbocycles. The molecule has 0 aliphatic heterocycles. The average molecular weight is 233 g/mol. The number of aryl methyl sites for hydroxylation is 3. The summed E-state index contributed by atoms with van der Waals surface area (Å²) >= 11 is 4.18. The Kier molecular flexibility index (Phi) is 3.06. The van der Waals surface area contributed by atoms with Gasteiger partial charge in [-0.05, 0) is 31.9 Å². The van der Waals surface area contributed by atoms with E-state index in [0.717, 1.165) is 17.0 Å². The summed E-state index contributed by atoms with van der Waals surface area (Å²) in [5.41, 5.74) is 5.73. The Morgan fingerprint density at radius 1 is 1.12 bits per heavy atom. The van der Waals surface area contributed by atoms with E-state index in [1.807, 2.05) is 6.07 Å². The molecule has 2 aromatic rings. The number of benzene rings is 1. The van der Waals surface area contributed by atoms with Crippen molar-refractivity contribution in [3.63, 3.8) is 0 Å². The second-order valence-electron chi connectivity index (χ2n) is 4.11.